The largest absolute Gasteiger partial charge is 0.334 e. The fraction of sp³-hybridized carbons (Fsp3) is 0.125. The lowest BCUT2D eigenvalue weighted by Crippen LogP contribution is -1.90. The highest BCUT2D eigenvalue weighted by Crippen LogP contribution is 2.31. The van der Waals surface area contributed by atoms with Crippen molar-refractivity contribution in [2.45, 2.75) is 13.8 Å². The lowest BCUT2D eigenvalue weighted by atomic mass is 10.1. The van der Waals surface area contributed by atoms with E-state index in [-0.39, 0.29) is 16.6 Å². The molecule has 0 unspecified atom stereocenters. The van der Waals surface area contributed by atoms with Crippen molar-refractivity contribution in [2.75, 3.05) is 0 Å². The molecule has 0 N–H and O–H groups in total. The Morgan fingerprint density at radius 3 is 2.65 bits per heavy atom. The maximum absolute atomic E-state index is 11.0. The van der Waals surface area contributed by atoms with E-state index in [9.17, 15) is 10.1 Å². The monoisotopic (exact) mass is 329 g/mol. The summed E-state index contributed by atoms with van der Waals surface area (Å²) in [7, 11) is 0. The summed E-state index contributed by atoms with van der Waals surface area (Å²) >= 11 is 5.81. The van der Waals surface area contributed by atoms with E-state index in [0.29, 0.717) is 11.4 Å². The average molecular weight is 330 g/mol. The minimum atomic E-state index is -0.548. The Labute approximate surface area is 136 Å². The normalized spacial score (nSPS) is 10.7. The van der Waals surface area contributed by atoms with E-state index < -0.39 is 4.92 Å². The summed E-state index contributed by atoms with van der Waals surface area (Å²) in [5.74, 6) is 0.648. The first-order valence-corrected chi connectivity index (χ1v) is 7.19. The highest BCUT2D eigenvalue weighted by molar-refractivity contribution is 6.32. The minimum absolute atomic E-state index is 0.0628. The second kappa shape index (κ2) is 5.81. The first kappa shape index (κ1) is 15.2. The van der Waals surface area contributed by atoms with Gasteiger partial charge in [-0.05, 0) is 31.5 Å². The minimum Gasteiger partial charge on any atom is -0.334 e. The number of benzene rings is 2. The number of halogens is 1. The quantitative estimate of drug-likeness (QED) is 0.518. The molecule has 0 aliphatic heterocycles. The Morgan fingerprint density at radius 2 is 1.96 bits per heavy atom. The van der Waals surface area contributed by atoms with E-state index in [0.717, 1.165) is 16.7 Å². The Kier molecular flexibility index (Phi) is 3.83. The second-order valence-corrected chi connectivity index (χ2v) is 5.57. The van der Waals surface area contributed by atoms with Crippen LogP contribution < -0.4 is 0 Å². The SMILES string of the molecule is Cc1ccc(-c2noc(-c3ccc(Cl)c([N+](=O)[O-])c3)n2)c(C)c1. The summed E-state index contributed by atoms with van der Waals surface area (Å²) in [6, 6.07) is 10.3. The smallest absolute Gasteiger partial charge is 0.288 e. The molecule has 116 valence electrons. The second-order valence-electron chi connectivity index (χ2n) is 5.16. The zero-order chi connectivity index (χ0) is 16.6. The van der Waals surface area contributed by atoms with Crippen LogP contribution in [0.3, 0.4) is 0 Å². The zero-order valence-corrected chi connectivity index (χ0v) is 13.2. The molecule has 2 aromatic carbocycles. The molecule has 0 amide bonds. The molecule has 0 spiro atoms. The molecule has 0 saturated heterocycles. The number of aryl methyl sites for hydroxylation is 2. The third kappa shape index (κ3) is 2.93. The molecule has 23 heavy (non-hydrogen) atoms. The first-order chi connectivity index (χ1) is 11.0. The van der Waals surface area contributed by atoms with Crippen molar-refractivity contribution in [1.82, 2.24) is 10.1 Å². The van der Waals surface area contributed by atoms with Crippen LogP contribution >= 0.6 is 11.6 Å². The van der Waals surface area contributed by atoms with Gasteiger partial charge in [-0.15, -0.1) is 0 Å². The number of hydrogen-bond acceptors (Lipinski definition) is 5. The zero-order valence-electron chi connectivity index (χ0n) is 12.4. The van der Waals surface area contributed by atoms with Crippen LogP contribution in [0.1, 0.15) is 11.1 Å². The predicted octanol–water partition coefficient (Wildman–Crippen LogP) is 4.58. The van der Waals surface area contributed by atoms with Gasteiger partial charge in [0.25, 0.3) is 11.6 Å². The molecule has 0 aliphatic carbocycles. The number of rotatable bonds is 3. The van der Waals surface area contributed by atoms with Crippen LogP contribution in [-0.4, -0.2) is 15.1 Å². The summed E-state index contributed by atoms with van der Waals surface area (Å²) in [5, 5.41) is 15.0. The summed E-state index contributed by atoms with van der Waals surface area (Å²) < 4.78 is 5.24. The topological polar surface area (TPSA) is 82.1 Å². The Hall–Kier alpha value is -2.73. The van der Waals surface area contributed by atoms with Gasteiger partial charge in [0.05, 0.1) is 4.92 Å². The molecule has 6 nitrogen and oxygen atoms in total. The number of aromatic nitrogens is 2. The van der Waals surface area contributed by atoms with E-state index in [2.05, 4.69) is 10.1 Å². The van der Waals surface area contributed by atoms with Crippen LogP contribution in [0.25, 0.3) is 22.8 Å². The lowest BCUT2D eigenvalue weighted by molar-refractivity contribution is -0.384. The molecule has 3 rings (SSSR count). The van der Waals surface area contributed by atoms with Crippen molar-refractivity contribution < 1.29 is 9.45 Å². The molecule has 3 aromatic rings. The van der Waals surface area contributed by atoms with Crippen molar-refractivity contribution in [3.05, 3.63) is 62.7 Å². The molecule has 0 radical (unpaired) electrons. The van der Waals surface area contributed by atoms with E-state index in [1.54, 1.807) is 6.07 Å². The fourth-order valence-electron chi connectivity index (χ4n) is 2.30. The van der Waals surface area contributed by atoms with Gasteiger partial charge in [0, 0.05) is 17.2 Å². The van der Waals surface area contributed by atoms with E-state index in [1.165, 1.54) is 12.1 Å². The summed E-state index contributed by atoms with van der Waals surface area (Å²) in [6.07, 6.45) is 0. The van der Waals surface area contributed by atoms with Crippen LogP contribution in [0.15, 0.2) is 40.9 Å². The van der Waals surface area contributed by atoms with Gasteiger partial charge in [0.2, 0.25) is 5.82 Å². The van der Waals surface area contributed by atoms with Crippen molar-refractivity contribution in [3.8, 4) is 22.8 Å². The predicted molar refractivity (Wildman–Crippen MR) is 86.3 cm³/mol. The van der Waals surface area contributed by atoms with Gasteiger partial charge < -0.3 is 4.52 Å². The number of nitrogens with zero attached hydrogens (tertiary/aromatic N) is 3. The van der Waals surface area contributed by atoms with Crippen molar-refractivity contribution in [1.29, 1.82) is 0 Å². The Bertz CT molecular complexity index is 905. The van der Waals surface area contributed by atoms with E-state index >= 15 is 0 Å². The van der Waals surface area contributed by atoms with Crippen LogP contribution in [0.5, 0.6) is 0 Å². The Morgan fingerprint density at radius 1 is 1.17 bits per heavy atom. The highest BCUT2D eigenvalue weighted by atomic mass is 35.5. The average Bonchev–Trinajstić information content (AvgIpc) is 2.97. The van der Waals surface area contributed by atoms with Gasteiger partial charge in [-0.2, -0.15) is 4.98 Å². The first-order valence-electron chi connectivity index (χ1n) is 6.81. The maximum Gasteiger partial charge on any atom is 0.288 e. The van der Waals surface area contributed by atoms with Crippen molar-refractivity contribution in [3.63, 3.8) is 0 Å². The Balaban J connectivity index is 2.02. The highest BCUT2D eigenvalue weighted by Gasteiger charge is 2.18. The fourth-order valence-corrected chi connectivity index (χ4v) is 2.49. The molecule has 0 aliphatic rings. The van der Waals surface area contributed by atoms with Crippen LogP contribution in [0.2, 0.25) is 5.02 Å². The van der Waals surface area contributed by atoms with Gasteiger partial charge in [0.1, 0.15) is 5.02 Å². The van der Waals surface area contributed by atoms with Gasteiger partial charge in [-0.25, -0.2) is 0 Å². The number of nitro benzene ring substituents is 1. The molecule has 7 heteroatoms. The molecular weight excluding hydrogens is 318 g/mol. The summed E-state index contributed by atoms with van der Waals surface area (Å²) in [4.78, 5) is 14.7. The van der Waals surface area contributed by atoms with E-state index in [4.69, 9.17) is 16.1 Å². The molecular formula is C16H12ClN3O3. The third-order valence-electron chi connectivity index (χ3n) is 3.44. The van der Waals surface area contributed by atoms with Gasteiger partial charge in [0.15, 0.2) is 0 Å². The maximum atomic E-state index is 11.0. The summed E-state index contributed by atoms with van der Waals surface area (Å²) in [5.41, 5.74) is 3.27. The number of nitro groups is 1. The molecule has 1 aromatic heterocycles. The van der Waals surface area contributed by atoms with E-state index in [1.807, 2.05) is 32.0 Å². The molecule has 0 bridgehead atoms. The van der Waals surface area contributed by atoms with Crippen LogP contribution in [0, 0.1) is 24.0 Å². The third-order valence-corrected chi connectivity index (χ3v) is 3.76. The van der Waals surface area contributed by atoms with Crippen LogP contribution in [-0.2, 0) is 0 Å². The van der Waals surface area contributed by atoms with Crippen molar-refractivity contribution >= 4 is 17.3 Å². The van der Waals surface area contributed by atoms with Gasteiger partial charge >= 0.3 is 0 Å². The molecule has 0 atom stereocenters. The van der Waals surface area contributed by atoms with Gasteiger partial charge in [-0.1, -0.05) is 40.5 Å². The van der Waals surface area contributed by atoms with Crippen molar-refractivity contribution in [2.24, 2.45) is 0 Å². The number of hydrogen-bond donors (Lipinski definition) is 0. The summed E-state index contributed by atoms with van der Waals surface area (Å²) in [6.45, 7) is 3.97. The molecule has 1 heterocycles. The molecule has 0 fully saturated rings. The standard InChI is InChI=1S/C16H12ClN3O3/c1-9-3-5-12(10(2)7-9)15-18-16(23-19-15)11-4-6-13(17)14(8-11)20(21)22/h3-8H,1-2H3. The molecule has 0 saturated carbocycles. The van der Waals surface area contributed by atoms with Crippen LogP contribution in [0.4, 0.5) is 5.69 Å². The lowest BCUT2D eigenvalue weighted by Gasteiger charge is -2.01. The van der Waals surface area contributed by atoms with Gasteiger partial charge in [-0.3, -0.25) is 10.1 Å².